The molecule has 0 saturated carbocycles. The maximum absolute atomic E-state index is 10.7. The fraction of sp³-hybridized carbons (Fsp3) is 0. The average Bonchev–Trinajstić information content (AvgIpc) is 2.26. The zero-order chi connectivity index (χ0) is 11.3. The normalized spacial score (nSPS) is 10.8. The van der Waals surface area contributed by atoms with Gasteiger partial charge in [-0.15, -0.1) is 0 Å². The maximum Gasteiger partial charge on any atom is 0.335 e. The molecular formula is C13H12O2. The number of carbonyl (C=O) groups is 1. The van der Waals surface area contributed by atoms with Crippen molar-refractivity contribution >= 4 is 12.0 Å². The van der Waals surface area contributed by atoms with E-state index in [-0.39, 0.29) is 5.57 Å². The van der Waals surface area contributed by atoms with Crippen molar-refractivity contribution in [2.45, 2.75) is 0 Å². The summed E-state index contributed by atoms with van der Waals surface area (Å²) in [7, 11) is 0. The van der Waals surface area contributed by atoms with Crippen molar-refractivity contribution in [3.05, 3.63) is 66.3 Å². The third-order valence-corrected chi connectivity index (χ3v) is 1.95. The molecule has 2 heteroatoms. The molecule has 0 unspecified atom stereocenters. The van der Waals surface area contributed by atoms with E-state index in [1.54, 1.807) is 6.08 Å². The maximum atomic E-state index is 10.7. The molecule has 0 spiro atoms. The quantitative estimate of drug-likeness (QED) is 0.599. The highest BCUT2D eigenvalue weighted by Gasteiger charge is 2.06. The summed E-state index contributed by atoms with van der Waals surface area (Å²) in [6.45, 7) is 7.05. The summed E-state index contributed by atoms with van der Waals surface area (Å²) in [5.41, 5.74) is 1.50. The lowest BCUT2D eigenvalue weighted by molar-refractivity contribution is -0.132. The molecule has 0 saturated heterocycles. The Labute approximate surface area is 88.9 Å². The minimum Gasteiger partial charge on any atom is -0.478 e. The molecule has 1 rings (SSSR count). The number of allylic oxidation sites excluding steroid dienone is 1. The molecule has 1 aromatic carbocycles. The van der Waals surface area contributed by atoms with Crippen LogP contribution in [0.25, 0.3) is 6.08 Å². The van der Waals surface area contributed by atoms with Crippen molar-refractivity contribution in [3.63, 3.8) is 0 Å². The van der Waals surface area contributed by atoms with Crippen molar-refractivity contribution in [3.8, 4) is 0 Å². The van der Waals surface area contributed by atoms with E-state index >= 15 is 0 Å². The van der Waals surface area contributed by atoms with E-state index < -0.39 is 5.97 Å². The van der Waals surface area contributed by atoms with Crippen LogP contribution in [0.3, 0.4) is 0 Å². The van der Waals surface area contributed by atoms with Gasteiger partial charge >= 0.3 is 5.97 Å². The molecule has 15 heavy (non-hydrogen) atoms. The molecule has 0 atom stereocenters. The lowest BCUT2D eigenvalue weighted by Gasteiger charge is -2.01. The molecule has 1 N–H and O–H groups in total. The standard InChI is InChI=1S/C13H12O2/c1-3-12(10(2)13(14)15)9-11-7-5-4-6-8-11/h3-9H,1-2H2,(H,14,15). The Morgan fingerprint density at radius 1 is 1.27 bits per heavy atom. The van der Waals surface area contributed by atoms with Crippen LogP contribution in [0.1, 0.15) is 5.56 Å². The average molecular weight is 200 g/mol. The second kappa shape index (κ2) is 4.96. The van der Waals surface area contributed by atoms with Gasteiger partial charge in [-0.2, -0.15) is 0 Å². The highest BCUT2D eigenvalue weighted by molar-refractivity contribution is 5.94. The van der Waals surface area contributed by atoms with E-state index in [0.717, 1.165) is 5.56 Å². The van der Waals surface area contributed by atoms with Crippen LogP contribution in [-0.4, -0.2) is 11.1 Å². The van der Waals surface area contributed by atoms with Gasteiger partial charge in [0.1, 0.15) is 0 Å². The van der Waals surface area contributed by atoms with Gasteiger partial charge in [-0.1, -0.05) is 49.6 Å². The molecule has 1 aromatic rings. The first-order valence-electron chi connectivity index (χ1n) is 4.47. The van der Waals surface area contributed by atoms with Gasteiger partial charge in [0, 0.05) is 0 Å². The van der Waals surface area contributed by atoms with Crippen molar-refractivity contribution < 1.29 is 9.90 Å². The molecule has 2 nitrogen and oxygen atoms in total. The zero-order valence-electron chi connectivity index (χ0n) is 8.31. The zero-order valence-corrected chi connectivity index (χ0v) is 8.31. The molecule has 0 aliphatic heterocycles. The molecule has 0 bridgehead atoms. The third kappa shape index (κ3) is 2.95. The first-order valence-corrected chi connectivity index (χ1v) is 4.47. The molecule has 0 fully saturated rings. The van der Waals surface area contributed by atoms with Crippen LogP contribution >= 0.6 is 0 Å². The Bertz CT molecular complexity index is 413. The lowest BCUT2D eigenvalue weighted by atomic mass is 10.0. The van der Waals surface area contributed by atoms with E-state index in [4.69, 9.17) is 5.11 Å². The number of benzene rings is 1. The van der Waals surface area contributed by atoms with Crippen LogP contribution in [-0.2, 0) is 4.79 Å². The summed E-state index contributed by atoms with van der Waals surface area (Å²) < 4.78 is 0. The van der Waals surface area contributed by atoms with Crippen LogP contribution in [0.2, 0.25) is 0 Å². The van der Waals surface area contributed by atoms with Crippen LogP contribution in [0.15, 0.2) is 60.7 Å². The second-order valence-corrected chi connectivity index (χ2v) is 3.00. The van der Waals surface area contributed by atoms with Gasteiger partial charge < -0.3 is 5.11 Å². The predicted octanol–water partition coefficient (Wildman–Crippen LogP) is 2.90. The van der Waals surface area contributed by atoms with Gasteiger partial charge in [0.05, 0.1) is 5.57 Å². The fourth-order valence-corrected chi connectivity index (χ4v) is 1.12. The van der Waals surface area contributed by atoms with Crippen molar-refractivity contribution in [1.29, 1.82) is 0 Å². The number of hydrogen-bond donors (Lipinski definition) is 1. The first-order chi connectivity index (χ1) is 7.15. The summed E-state index contributed by atoms with van der Waals surface area (Å²) in [4.78, 5) is 10.7. The first kappa shape index (κ1) is 11.0. The van der Waals surface area contributed by atoms with Crippen LogP contribution in [0, 0.1) is 0 Å². The monoisotopic (exact) mass is 200 g/mol. The summed E-state index contributed by atoms with van der Waals surface area (Å²) in [5.74, 6) is -1.03. The lowest BCUT2D eigenvalue weighted by Crippen LogP contribution is -2.00. The van der Waals surface area contributed by atoms with Crippen LogP contribution < -0.4 is 0 Å². The number of carboxylic acids is 1. The Balaban J connectivity index is 3.03. The highest BCUT2D eigenvalue weighted by Crippen LogP contribution is 2.14. The SMILES string of the molecule is C=CC(=Cc1ccccc1)C(=C)C(=O)O. The van der Waals surface area contributed by atoms with Crippen molar-refractivity contribution in [1.82, 2.24) is 0 Å². The largest absolute Gasteiger partial charge is 0.478 e. The molecule has 0 aliphatic carbocycles. The molecule has 0 amide bonds. The summed E-state index contributed by atoms with van der Waals surface area (Å²) >= 11 is 0. The molecule has 0 aliphatic rings. The topological polar surface area (TPSA) is 37.3 Å². The highest BCUT2D eigenvalue weighted by atomic mass is 16.4. The fourth-order valence-electron chi connectivity index (χ4n) is 1.12. The summed E-state index contributed by atoms with van der Waals surface area (Å²) in [6, 6.07) is 9.44. The molecular weight excluding hydrogens is 188 g/mol. The molecule has 0 aromatic heterocycles. The number of aliphatic carboxylic acids is 1. The van der Waals surface area contributed by atoms with E-state index in [9.17, 15) is 4.79 Å². The molecule has 76 valence electrons. The predicted molar refractivity (Wildman–Crippen MR) is 61.4 cm³/mol. The Hall–Kier alpha value is -2.09. The Morgan fingerprint density at radius 3 is 2.33 bits per heavy atom. The van der Waals surface area contributed by atoms with E-state index in [2.05, 4.69) is 13.2 Å². The number of hydrogen-bond acceptors (Lipinski definition) is 1. The van der Waals surface area contributed by atoms with Crippen LogP contribution in [0.4, 0.5) is 0 Å². The van der Waals surface area contributed by atoms with Gasteiger partial charge in [-0.25, -0.2) is 4.79 Å². The smallest absolute Gasteiger partial charge is 0.335 e. The van der Waals surface area contributed by atoms with Crippen molar-refractivity contribution in [2.24, 2.45) is 0 Å². The minimum atomic E-state index is -1.03. The Kier molecular flexibility index (Phi) is 3.63. The van der Waals surface area contributed by atoms with Gasteiger partial charge in [0.25, 0.3) is 0 Å². The van der Waals surface area contributed by atoms with E-state index in [0.29, 0.717) is 5.57 Å². The number of carboxylic acid groups (broad SMARTS) is 1. The molecule has 0 radical (unpaired) electrons. The summed E-state index contributed by atoms with van der Waals surface area (Å²) in [6.07, 6.45) is 3.23. The Morgan fingerprint density at radius 2 is 1.87 bits per heavy atom. The minimum absolute atomic E-state index is 0.0499. The van der Waals surface area contributed by atoms with Gasteiger partial charge in [0.2, 0.25) is 0 Å². The van der Waals surface area contributed by atoms with Gasteiger partial charge in [-0.3, -0.25) is 0 Å². The van der Waals surface area contributed by atoms with E-state index in [1.165, 1.54) is 6.08 Å². The van der Waals surface area contributed by atoms with Gasteiger partial charge in [0.15, 0.2) is 0 Å². The van der Waals surface area contributed by atoms with Crippen molar-refractivity contribution in [2.75, 3.05) is 0 Å². The molecule has 0 heterocycles. The second-order valence-electron chi connectivity index (χ2n) is 3.00. The number of rotatable bonds is 4. The van der Waals surface area contributed by atoms with E-state index in [1.807, 2.05) is 30.3 Å². The summed E-state index contributed by atoms with van der Waals surface area (Å²) in [5, 5.41) is 8.77. The van der Waals surface area contributed by atoms with Gasteiger partial charge in [-0.05, 0) is 17.2 Å². The third-order valence-electron chi connectivity index (χ3n) is 1.95. The van der Waals surface area contributed by atoms with Crippen LogP contribution in [0.5, 0.6) is 0 Å².